The number of rotatable bonds is 3. The van der Waals surface area contributed by atoms with Crippen molar-refractivity contribution in [3.63, 3.8) is 0 Å². The number of amides is 1. The first-order valence-electron chi connectivity index (χ1n) is 8.24. The second-order valence-electron chi connectivity index (χ2n) is 6.58. The Morgan fingerprint density at radius 3 is 2.52 bits per heavy atom. The molecule has 2 atom stereocenters. The van der Waals surface area contributed by atoms with Gasteiger partial charge in [-0.05, 0) is 23.8 Å². The number of fused-ring (bicyclic) bond motifs is 1. The molecule has 2 aromatic rings. The maximum Gasteiger partial charge on any atom is 0.241 e. The molecule has 25 heavy (non-hydrogen) atoms. The van der Waals surface area contributed by atoms with Gasteiger partial charge >= 0.3 is 0 Å². The Morgan fingerprint density at radius 2 is 1.80 bits per heavy atom. The average molecular weight is 357 g/mol. The molecule has 130 valence electrons. The molecule has 1 aromatic carbocycles. The minimum absolute atomic E-state index is 0.0157. The number of hydrogen-bond acceptors (Lipinski definition) is 5. The number of hydrogen-bond donors (Lipinski definition) is 0. The monoisotopic (exact) mass is 357 g/mol. The Hall–Kier alpha value is -2.25. The molecule has 4 rings (SSSR count). The van der Waals surface area contributed by atoms with Crippen molar-refractivity contribution in [1.82, 2.24) is 9.88 Å². The summed E-state index contributed by atoms with van der Waals surface area (Å²) in [5.41, 5.74) is 1.74. The summed E-state index contributed by atoms with van der Waals surface area (Å²) >= 11 is 0. The quantitative estimate of drug-likeness (QED) is 0.823. The highest BCUT2D eigenvalue weighted by Crippen LogP contribution is 2.32. The number of carbonyl (C=O) groups excluding carboxylic acids is 1. The van der Waals surface area contributed by atoms with Gasteiger partial charge in [0.1, 0.15) is 0 Å². The maximum absolute atomic E-state index is 12.8. The van der Waals surface area contributed by atoms with Crippen LogP contribution in [0.2, 0.25) is 0 Å². The first-order chi connectivity index (χ1) is 12.0. The van der Waals surface area contributed by atoms with Gasteiger partial charge in [0, 0.05) is 30.7 Å². The fourth-order valence-corrected chi connectivity index (χ4v) is 5.76. The standard InChI is InChI=1S/C18H19N3O3S/c22-18-11-20(10-14-5-4-8-19-9-14)16-12-25(23,24)13-17(16)21(18)15-6-2-1-3-7-15/h1-9,16-17H,10-13H2/t16-,17+/m0/s1. The molecule has 3 heterocycles. The number of para-hydroxylation sites is 1. The van der Waals surface area contributed by atoms with Gasteiger partial charge in [-0.3, -0.25) is 14.7 Å². The Morgan fingerprint density at radius 1 is 1.04 bits per heavy atom. The van der Waals surface area contributed by atoms with E-state index in [4.69, 9.17) is 0 Å². The Labute approximate surface area is 147 Å². The molecule has 2 saturated heterocycles. The molecule has 1 aromatic heterocycles. The van der Waals surface area contributed by atoms with Crippen molar-refractivity contribution in [2.75, 3.05) is 23.0 Å². The van der Waals surface area contributed by atoms with Gasteiger partial charge in [-0.2, -0.15) is 0 Å². The van der Waals surface area contributed by atoms with Crippen molar-refractivity contribution < 1.29 is 13.2 Å². The largest absolute Gasteiger partial charge is 0.306 e. The van der Waals surface area contributed by atoms with Crippen molar-refractivity contribution in [2.24, 2.45) is 0 Å². The fraction of sp³-hybridized carbons (Fsp3) is 0.333. The minimum atomic E-state index is -3.17. The zero-order valence-corrected chi connectivity index (χ0v) is 14.5. The van der Waals surface area contributed by atoms with Gasteiger partial charge in [0.25, 0.3) is 0 Å². The van der Waals surface area contributed by atoms with E-state index in [9.17, 15) is 13.2 Å². The third kappa shape index (κ3) is 3.17. The molecule has 2 fully saturated rings. The first-order valence-corrected chi connectivity index (χ1v) is 10.1. The lowest BCUT2D eigenvalue weighted by Crippen LogP contribution is -2.61. The summed E-state index contributed by atoms with van der Waals surface area (Å²) in [5, 5.41) is 0. The van der Waals surface area contributed by atoms with E-state index in [0.717, 1.165) is 11.3 Å². The molecule has 0 spiro atoms. The minimum Gasteiger partial charge on any atom is -0.306 e. The number of pyridine rings is 1. The van der Waals surface area contributed by atoms with Gasteiger partial charge in [0.15, 0.2) is 9.84 Å². The third-order valence-electron chi connectivity index (χ3n) is 4.84. The van der Waals surface area contributed by atoms with Crippen LogP contribution >= 0.6 is 0 Å². The van der Waals surface area contributed by atoms with E-state index in [-0.39, 0.29) is 36.0 Å². The zero-order valence-electron chi connectivity index (χ0n) is 13.7. The number of nitrogens with zero attached hydrogens (tertiary/aromatic N) is 3. The molecule has 0 N–H and O–H groups in total. The van der Waals surface area contributed by atoms with E-state index in [1.165, 1.54) is 0 Å². The molecule has 1 amide bonds. The molecule has 2 aliphatic rings. The van der Waals surface area contributed by atoms with Crippen LogP contribution in [0.25, 0.3) is 0 Å². The molecule has 0 unspecified atom stereocenters. The number of sulfone groups is 1. The second kappa shape index (κ2) is 6.24. The number of anilines is 1. The van der Waals surface area contributed by atoms with Crippen LogP contribution in [0.4, 0.5) is 5.69 Å². The van der Waals surface area contributed by atoms with Crippen LogP contribution in [0.1, 0.15) is 5.56 Å². The van der Waals surface area contributed by atoms with Crippen LogP contribution in [0.3, 0.4) is 0 Å². The highest BCUT2D eigenvalue weighted by Gasteiger charge is 2.49. The van der Waals surface area contributed by atoms with Crippen molar-refractivity contribution in [1.29, 1.82) is 0 Å². The van der Waals surface area contributed by atoms with Gasteiger partial charge < -0.3 is 4.90 Å². The Balaban J connectivity index is 1.67. The van der Waals surface area contributed by atoms with Crippen LogP contribution in [-0.2, 0) is 21.2 Å². The SMILES string of the molecule is O=C1CN(Cc2cccnc2)[C@H]2CS(=O)(=O)C[C@H]2N1c1ccccc1. The van der Waals surface area contributed by atoms with Crippen molar-refractivity contribution >= 4 is 21.4 Å². The summed E-state index contributed by atoms with van der Waals surface area (Å²) in [6, 6.07) is 12.6. The lowest BCUT2D eigenvalue weighted by molar-refractivity contribution is -0.123. The molecule has 0 bridgehead atoms. The first kappa shape index (κ1) is 16.2. The Bertz CT molecular complexity index is 871. The highest BCUT2D eigenvalue weighted by molar-refractivity contribution is 7.91. The molecule has 7 heteroatoms. The van der Waals surface area contributed by atoms with Gasteiger partial charge in [-0.15, -0.1) is 0 Å². The van der Waals surface area contributed by atoms with Gasteiger partial charge in [0.2, 0.25) is 5.91 Å². The predicted molar refractivity (Wildman–Crippen MR) is 94.8 cm³/mol. The number of benzene rings is 1. The van der Waals surface area contributed by atoms with Crippen LogP contribution in [0.15, 0.2) is 54.9 Å². The van der Waals surface area contributed by atoms with E-state index in [0.29, 0.717) is 6.54 Å². The lowest BCUT2D eigenvalue weighted by Gasteiger charge is -2.43. The van der Waals surface area contributed by atoms with Crippen LogP contribution in [0, 0.1) is 0 Å². The third-order valence-corrected chi connectivity index (χ3v) is 6.54. The predicted octanol–water partition coefficient (Wildman–Crippen LogP) is 1.10. The maximum atomic E-state index is 12.8. The normalized spacial score (nSPS) is 25.8. The highest BCUT2D eigenvalue weighted by atomic mass is 32.2. The molecule has 6 nitrogen and oxygen atoms in total. The van der Waals surface area contributed by atoms with Crippen LogP contribution in [0.5, 0.6) is 0 Å². The Kier molecular flexibility index (Phi) is 4.05. The lowest BCUT2D eigenvalue weighted by atomic mass is 10.0. The van der Waals surface area contributed by atoms with Crippen molar-refractivity contribution in [3.05, 3.63) is 60.4 Å². The summed E-state index contributed by atoms with van der Waals surface area (Å²) in [5.74, 6) is 0.0459. The summed E-state index contributed by atoms with van der Waals surface area (Å²) in [6.07, 6.45) is 3.46. The van der Waals surface area contributed by atoms with Gasteiger partial charge in [-0.25, -0.2) is 8.42 Å². The average Bonchev–Trinajstić information content (AvgIpc) is 2.92. The summed E-state index contributed by atoms with van der Waals surface area (Å²) in [6.45, 7) is 0.735. The smallest absolute Gasteiger partial charge is 0.241 e. The zero-order chi connectivity index (χ0) is 17.4. The van der Waals surface area contributed by atoms with E-state index in [1.54, 1.807) is 17.3 Å². The molecule has 0 saturated carbocycles. The molecule has 0 aliphatic carbocycles. The van der Waals surface area contributed by atoms with E-state index < -0.39 is 9.84 Å². The van der Waals surface area contributed by atoms with Crippen molar-refractivity contribution in [3.8, 4) is 0 Å². The van der Waals surface area contributed by atoms with E-state index in [1.807, 2.05) is 47.4 Å². The molecule has 0 radical (unpaired) electrons. The summed E-state index contributed by atoms with van der Waals surface area (Å²) in [4.78, 5) is 20.6. The summed E-state index contributed by atoms with van der Waals surface area (Å²) < 4.78 is 24.6. The van der Waals surface area contributed by atoms with E-state index in [2.05, 4.69) is 4.98 Å². The fourth-order valence-electron chi connectivity index (χ4n) is 3.78. The second-order valence-corrected chi connectivity index (χ2v) is 8.73. The molecular formula is C18H19N3O3S. The van der Waals surface area contributed by atoms with Crippen LogP contribution in [-0.4, -0.2) is 54.3 Å². The summed E-state index contributed by atoms with van der Waals surface area (Å²) in [7, 11) is -3.17. The molecular weight excluding hydrogens is 338 g/mol. The van der Waals surface area contributed by atoms with Crippen LogP contribution < -0.4 is 4.90 Å². The molecule has 2 aliphatic heterocycles. The van der Waals surface area contributed by atoms with Gasteiger partial charge in [0.05, 0.1) is 24.1 Å². The number of piperazine rings is 1. The van der Waals surface area contributed by atoms with E-state index >= 15 is 0 Å². The van der Waals surface area contributed by atoms with Gasteiger partial charge in [-0.1, -0.05) is 24.3 Å². The topological polar surface area (TPSA) is 70.6 Å². The van der Waals surface area contributed by atoms with Crippen molar-refractivity contribution in [2.45, 2.75) is 18.6 Å². The number of carbonyl (C=O) groups is 1. The number of aromatic nitrogens is 1.